The highest BCUT2D eigenvalue weighted by Gasteiger charge is 2.28. The quantitative estimate of drug-likeness (QED) is 0.782. The maximum atomic E-state index is 6.22. The zero-order valence-electron chi connectivity index (χ0n) is 11.5. The molecule has 18 heavy (non-hydrogen) atoms. The molecule has 0 unspecified atom stereocenters. The molecule has 0 amide bonds. The van der Waals surface area contributed by atoms with Crippen molar-refractivity contribution < 1.29 is 0 Å². The summed E-state index contributed by atoms with van der Waals surface area (Å²) < 4.78 is 0. The Bertz CT molecular complexity index is 418. The highest BCUT2D eigenvalue weighted by molar-refractivity contribution is 6.30. The Morgan fingerprint density at radius 1 is 1.39 bits per heavy atom. The molecule has 0 saturated carbocycles. The van der Waals surface area contributed by atoms with E-state index < -0.39 is 0 Å². The van der Waals surface area contributed by atoms with Gasteiger partial charge in [-0.2, -0.15) is 0 Å². The summed E-state index contributed by atoms with van der Waals surface area (Å²) in [4.78, 5) is 11.0. The van der Waals surface area contributed by atoms with Crippen LogP contribution in [0.2, 0.25) is 5.15 Å². The molecular weight excluding hydrogens is 246 g/mol. The summed E-state index contributed by atoms with van der Waals surface area (Å²) in [6, 6.07) is 0. The lowest BCUT2D eigenvalue weighted by molar-refractivity contribution is 0.291. The Kier molecular flexibility index (Phi) is 4.10. The lowest BCUT2D eigenvalue weighted by atomic mass is 9.84. The van der Waals surface area contributed by atoms with E-state index >= 15 is 0 Å². The van der Waals surface area contributed by atoms with Crippen molar-refractivity contribution >= 4 is 17.4 Å². The Labute approximate surface area is 115 Å². The molecule has 1 aliphatic rings. The fourth-order valence-electron chi connectivity index (χ4n) is 2.72. The normalized spacial score (nSPS) is 19.0. The number of hydrogen-bond donors (Lipinski definition) is 0. The van der Waals surface area contributed by atoms with Crippen LogP contribution in [-0.4, -0.2) is 23.1 Å². The lowest BCUT2D eigenvalue weighted by Crippen LogP contribution is -2.41. The highest BCUT2D eigenvalue weighted by atomic mass is 35.5. The second-order valence-electron chi connectivity index (χ2n) is 5.91. The number of nitrogens with zero attached hydrogens (tertiary/aromatic N) is 3. The van der Waals surface area contributed by atoms with E-state index in [-0.39, 0.29) is 0 Å². The summed E-state index contributed by atoms with van der Waals surface area (Å²) in [7, 11) is 0. The van der Waals surface area contributed by atoms with Gasteiger partial charge in [0.25, 0.3) is 0 Å². The van der Waals surface area contributed by atoms with Crippen LogP contribution in [0.15, 0.2) is 6.33 Å². The largest absolute Gasteiger partial charge is 0.356 e. The molecule has 1 saturated heterocycles. The minimum absolute atomic E-state index is 0.360. The molecule has 100 valence electrons. The van der Waals surface area contributed by atoms with Crippen LogP contribution in [0.1, 0.15) is 45.6 Å². The number of halogens is 1. The van der Waals surface area contributed by atoms with Crippen LogP contribution in [-0.2, 0) is 6.42 Å². The van der Waals surface area contributed by atoms with Gasteiger partial charge in [0.05, 0.1) is 0 Å². The van der Waals surface area contributed by atoms with E-state index in [1.807, 2.05) is 0 Å². The SMILES string of the molecule is CCCc1c(Cl)ncnc1N1CCCC(C)(C)C1. The first-order valence-electron chi connectivity index (χ1n) is 6.78. The molecule has 2 rings (SSSR count). The molecule has 1 aliphatic heterocycles. The summed E-state index contributed by atoms with van der Waals surface area (Å²) in [5, 5.41) is 0.616. The van der Waals surface area contributed by atoms with Crippen molar-refractivity contribution in [2.24, 2.45) is 5.41 Å². The second-order valence-corrected chi connectivity index (χ2v) is 6.26. The standard InChI is InChI=1S/C14H22ClN3/c1-4-6-11-12(15)16-10-17-13(11)18-8-5-7-14(2,3)9-18/h10H,4-9H2,1-3H3. The predicted molar refractivity (Wildman–Crippen MR) is 76.3 cm³/mol. The minimum atomic E-state index is 0.360. The number of rotatable bonds is 3. The molecule has 0 aromatic carbocycles. The second kappa shape index (κ2) is 5.43. The van der Waals surface area contributed by atoms with E-state index in [1.54, 1.807) is 6.33 Å². The summed E-state index contributed by atoms with van der Waals surface area (Å²) in [6.45, 7) is 8.93. The molecule has 4 heteroatoms. The van der Waals surface area contributed by atoms with Gasteiger partial charge in [-0.25, -0.2) is 9.97 Å². The highest BCUT2D eigenvalue weighted by Crippen LogP contribution is 2.33. The fourth-order valence-corrected chi connectivity index (χ4v) is 2.95. The zero-order chi connectivity index (χ0) is 13.2. The van der Waals surface area contributed by atoms with Crippen molar-refractivity contribution in [1.82, 2.24) is 9.97 Å². The van der Waals surface area contributed by atoms with Crippen LogP contribution < -0.4 is 4.90 Å². The van der Waals surface area contributed by atoms with Gasteiger partial charge in [0, 0.05) is 18.7 Å². The van der Waals surface area contributed by atoms with Crippen molar-refractivity contribution in [3.05, 3.63) is 17.0 Å². The van der Waals surface area contributed by atoms with Crippen molar-refractivity contribution in [2.75, 3.05) is 18.0 Å². The van der Waals surface area contributed by atoms with E-state index in [2.05, 4.69) is 35.6 Å². The van der Waals surface area contributed by atoms with E-state index in [4.69, 9.17) is 11.6 Å². The first kappa shape index (κ1) is 13.6. The smallest absolute Gasteiger partial charge is 0.137 e. The predicted octanol–water partition coefficient (Wildman–Crippen LogP) is 3.71. The van der Waals surface area contributed by atoms with Crippen molar-refractivity contribution in [3.8, 4) is 0 Å². The van der Waals surface area contributed by atoms with Crippen LogP contribution in [0, 0.1) is 5.41 Å². The summed E-state index contributed by atoms with van der Waals surface area (Å²) >= 11 is 6.22. The Morgan fingerprint density at radius 2 is 2.17 bits per heavy atom. The van der Waals surface area contributed by atoms with E-state index in [0.717, 1.165) is 37.3 Å². The number of hydrogen-bond acceptors (Lipinski definition) is 3. The lowest BCUT2D eigenvalue weighted by Gasteiger charge is -2.39. The van der Waals surface area contributed by atoms with Crippen LogP contribution in [0.4, 0.5) is 5.82 Å². The van der Waals surface area contributed by atoms with E-state index in [9.17, 15) is 0 Å². The molecular formula is C14H22ClN3. The van der Waals surface area contributed by atoms with Gasteiger partial charge in [0.2, 0.25) is 0 Å². The monoisotopic (exact) mass is 267 g/mol. The van der Waals surface area contributed by atoms with Crippen molar-refractivity contribution in [2.45, 2.75) is 46.5 Å². The van der Waals surface area contributed by atoms with Gasteiger partial charge < -0.3 is 4.90 Å². The van der Waals surface area contributed by atoms with Gasteiger partial charge in [0.15, 0.2) is 0 Å². The fraction of sp³-hybridized carbons (Fsp3) is 0.714. The number of piperidine rings is 1. The van der Waals surface area contributed by atoms with E-state index in [1.165, 1.54) is 12.8 Å². The molecule has 0 spiro atoms. The topological polar surface area (TPSA) is 29.0 Å². The number of aromatic nitrogens is 2. The molecule has 0 bridgehead atoms. The summed E-state index contributed by atoms with van der Waals surface area (Å²) in [5.74, 6) is 1.05. The summed E-state index contributed by atoms with van der Waals surface area (Å²) in [6.07, 6.45) is 6.10. The van der Waals surface area contributed by atoms with Crippen molar-refractivity contribution in [1.29, 1.82) is 0 Å². The van der Waals surface area contributed by atoms with Crippen LogP contribution in [0.5, 0.6) is 0 Å². The van der Waals surface area contributed by atoms with Gasteiger partial charge in [-0.1, -0.05) is 38.8 Å². The maximum Gasteiger partial charge on any atom is 0.137 e. The molecule has 0 aliphatic carbocycles. The third-order valence-electron chi connectivity index (χ3n) is 3.57. The molecule has 1 aromatic heterocycles. The van der Waals surface area contributed by atoms with Gasteiger partial charge in [0.1, 0.15) is 17.3 Å². The Morgan fingerprint density at radius 3 is 2.83 bits per heavy atom. The average Bonchev–Trinajstić information content (AvgIpc) is 2.30. The van der Waals surface area contributed by atoms with Crippen LogP contribution >= 0.6 is 11.6 Å². The average molecular weight is 268 g/mol. The third-order valence-corrected chi connectivity index (χ3v) is 3.90. The van der Waals surface area contributed by atoms with Crippen LogP contribution in [0.3, 0.4) is 0 Å². The van der Waals surface area contributed by atoms with Crippen LogP contribution in [0.25, 0.3) is 0 Å². The van der Waals surface area contributed by atoms with Gasteiger partial charge in [-0.3, -0.25) is 0 Å². The zero-order valence-corrected chi connectivity index (χ0v) is 12.3. The molecule has 0 radical (unpaired) electrons. The molecule has 2 heterocycles. The molecule has 1 aromatic rings. The maximum absolute atomic E-state index is 6.22. The first-order valence-corrected chi connectivity index (χ1v) is 7.15. The van der Waals surface area contributed by atoms with Gasteiger partial charge in [-0.05, 0) is 24.7 Å². The molecule has 0 N–H and O–H groups in total. The Balaban J connectivity index is 2.29. The summed E-state index contributed by atoms with van der Waals surface area (Å²) in [5.41, 5.74) is 1.47. The first-order chi connectivity index (χ1) is 8.53. The van der Waals surface area contributed by atoms with Crippen molar-refractivity contribution in [3.63, 3.8) is 0 Å². The number of anilines is 1. The molecule has 3 nitrogen and oxygen atoms in total. The minimum Gasteiger partial charge on any atom is -0.356 e. The van der Waals surface area contributed by atoms with Gasteiger partial charge >= 0.3 is 0 Å². The van der Waals surface area contributed by atoms with Gasteiger partial charge in [-0.15, -0.1) is 0 Å². The molecule has 1 fully saturated rings. The Hall–Kier alpha value is -0.830. The van der Waals surface area contributed by atoms with E-state index in [0.29, 0.717) is 10.6 Å². The molecule has 0 atom stereocenters. The third kappa shape index (κ3) is 2.94.